The number of amides is 1. The second-order valence-electron chi connectivity index (χ2n) is 3.41. The maximum absolute atomic E-state index is 11.7. The third-order valence-corrected chi connectivity index (χ3v) is 2.10. The lowest BCUT2D eigenvalue weighted by atomic mass is 10.2. The molecule has 2 aromatic rings. The van der Waals surface area contributed by atoms with Gasteiger partial charge in [-0.2, -0.15) is 5.26 Å². The number of carbonyl (C=O) groups is 1. The van der Waals surface area contributed by atoms with E-state index >= 15 is 0 Å². The summed E-state index contributed by atoms with van der Waals surface area (Å²) in [4.78, 5) is 15.6. The molecule has 84 valence electrons. The summed E-state index contributed by atoms with van der Waals surface area (Å²) in [6.45, 7) is 1.78. The zero-order chi connectivity index (χ0) is 12.3. The number of hydrogen-bond acceptors (Lipinski definition) is 4. The van der Waals surface area contributed by atoms with Crippen LogP contribution in [0.2, 0.25) is 0 Å². The maximum atomic E-state index is 11.7. The molecule has 2 aromatic heterocycles. The minimum Gasteiger partial charge on any atom is -0.446 e. The minimum absolute atomic E-state index is 0.179. The van der Waals surface area contributed by atoms with E-state index in [4.69, 9.17) is 9.68 Å². The Kier molecular flexibility index (Phi) is 2.88. The van der Waals surface area contributed by atoms with Crippen LogP contribution < -0.4 is 5.32 Å². The molecule has 0 aliphatic carbocycles. The number of pyridine rings is 1. The summed E-state index contributed by atoms with van der Waals surface area (Å²) in [6, 6.07) is 8.30. The Bertz CT molecular complexity index is 596. The van der Waals surface area contributed by atoms with E-state index < -0.39 is 5.91 Å². The van der Waals surface area contributed by atoms with Crippen molar-refractivity contribution in [1.29, 1.82) is 5.26 Å². The van der Waals surface area contributed by atoms with Gasteiger partial charge in [-0.15, -0.1) is 0 Å². The maximum Gasteiger partial charge on any atom is 0.276 e. The van der Waals surface area contributed by atoms with Gasteiger partial charge in [-0.1, -0.05) is 0 Å². The lowest BCUT2D eigenvalue weighted by Gasteiger charge is -2.00. The number of aryl methyl sites for hydroxylation is 1. The van der Waals surface area contributed by atoms with Crippen LogP contribution in [-0.4, -0.2) is 10.9 Å². The Morgan fingerprint density at radius 1 is 1.47 bits per heavy atom. The fraction of sp³-hybridized carbons (Fsp3) is 0.0833. The van der Waals surface area contributed by atoms with Crippen molar-refractivity contribution in [3.8, 4) is 6.07 Å². The molecule has 0 radical (unpaired) electrons. The molecule has 0 aliphatic rings. The first-order chi connectivity index (χ1) is 8.19. The molecule has 0 aliphatic heterocycles. The van der Waals surface area contributed by atoms with Crippen LogP contribution in [0, 0.1) is 18.3 Å². The number of hydrogen-bond donors (Lipinski definition) is 1. The van der Waals surface area contributed by atoms with Crippen LogP contribution in [0.3, 0.4) is 0 Å². The lowest BCUT2D eigenvalue weighted by molar-refractivity contribution is 0.102. The van der Waals surface area contributed by atoms with Gasteiger partial charge in [0, 0.05) is 12.3 Å². The van der Waals surface area contributed by atoms with Gasteiger partial charge < -0.3 is 4.42 Å². The average molecular weight is 227 g/mol. The third-order valence-electron chi connectivity index (χ3n) is 2.10. The number of furan rings is 1. The molecule has 5 heteroatoms. The quantitative estimate of drug-likeness (QED) is 0.852. The average Bonchev–Trinajstić information content (AvgIpc) is 2.75. The van der Waals surface area contributed by atoms with E-state index in [0.717, 1.165) is 0 Å². The van der Waals surface area contributed by atoms with Gasteiger partial charge in [0.25, 0.3) is 5.91 Å². The standard InChI is InChI=1S/C12H9N3O2/c1-8-2-3-11(17-8)15-12(16)10-6-9(7-13)4-5-14-10/h2-6H,1H3,(H,15,16). The van der Waals surface area contributed by atoms with Crippen LogP contribution >= 0.6 is 0 Å². The predicted molar refractivity (Wildman–Crippen MR) is 60.4 cm³/mol. The summed E-state index contributed by atoms with van der Waals surface area (Å²) >= 11 is 0. The SMILES string of the molecule is Cc1ccc(NC(=O)c2cc(C#N)ccn2)o1. The number of anilines is 1. The molecule has 0 saturated heterocycles. The molecular weight excluding hydrogens is 218 g/mol. The molecule has 1 amide bonds. The molecule has 0 atom stereocenters. The number of rotatable bonds is 2. The summed E-state index contributed by atoms with van der Waals surface area (Å²) < 4.78 is 5.21. The summed E-state index contributed by atoms with van der Waals surface area (Å²) in [5.74, 6) is 0.659. The first kappa shape index (κ1) is 10.9. The van der Waals surface area contributed by atoms with Crippen molar-refractivity contribution in [2.75, 3.05) is 5.32 Å². The number of nitrogens with one attached hydrogen (secondary N) is 1. The van der Waals surface area contributed by atoms with Gasteiger partial charge in [-0.3, -0.25) is 15.1 Å². The van der Waals surface area contributed by atoms with Crippen LogP contribution in [0.5, 0.6) is 0 Å². The van der Waals surface area contributed by atoms with Crippen molar-refractivity contribution < 1.29 is 9.21 Å². The van der Waals surface area contributed by atoms with E-state index in [1.807, 2.05) is 6.07 Å². The van der Waals surface area contributed by atoms with Crippen LogP contribution in [0.15, 0.2) is 34.9 Å². The second-order valence-corrected chi connectivity index (χ2v) is 3.41. The number of aromatic nitrogens is 1. The molecular formula is C12H9N3O2. The first-order valence-corrected chi connectivity index (χ1v) is 4.93. The van der Waals surface area contributed by atoms with E-state index in [1.165, 1.54) is 18.3 Å². The largest absolute Gasteiger partial charge is 0.446 e. The summed E-state index contributed by atoms with van der Waals surface area (Å²) in [6.07, 6.45) is 1.42. The van der Waals surface area contributed by atoms with Crippen molar-refractivity contribution >= 4 is 11.8 Å². The van der Waals surface area contributed by atoms with Gasteiger partial charge in [0.2, 0.25) is 0 Å². The van der Waals surface area contributed by atoms with Crippen molar-refractivity contribution in [1.82, 2.24) is 4.98 Å². The zero-order valence-corrected chi connectivity index (χ0v) is 9.10. The van der Waals surface area contributed by atoms with Gasteiger partial charge in [0.05, 0.1) is 11.6 Å². The molecule has 2 heterocycles. The Morgan fingerprint density at radius 2 is 2.29 bits per heavy atom. The number of nitrogens with zero attached hydrogens (tertiary/aromatic N) is 2. The smallest absolute Gasteiger partial charge is 0.276 e. The van der Waals surface area contributed by atoms with Crippen LogP contribution in [-0.2, 0) is 0 Å². The van der Waals surface area contributed by atoms with Crippen molar-refractivity contribution in [2.24, 2.45) is 0 Å². The Morgan fingerprint density at radius 3 is 2.94 bits per heavy atom. The highest BCUT2D eigenvalue weighted by atomic mass is 16.4. The molecule has 0 spiro atoms. The molecule has 5 nitrogen and oxygen atoms in total. The highest BCUT2D eigenvalue weighted by Crippen LogP contribution is 2.13. The molecule has 2 rings (SSSR count). The fourth-order valence-corrected chi connectivity index (χ4v) is 1.30. The summed E-state index contributed by atoms with van der Waals surface area (Å²) in [5, 5.41) is 11.3. The molecule has 1 N–H and O–H groups in total. The molecule has 0 fully saturated rings. The van der Waals surface area contributed by atoms with Crippen LogP contribution in [0.25, 0.3) is 0 Å². The Hall–Kier alpha value is -2.61. The predicted octanol–water partition coefficient (Wildman–Crippen LogP) is 2.11. The molecule has 0 unspecified atom stereocenters. The van der Waals surface area contributed by atoms with Gasteiger partial charge >= 0.3 is 0 Å². The molecule has 17 heavy (non-hydrogen) atoms. The second kappa shape index (κ2) is 4.49. The van der Waals surface area contributed by atoms with Crippen molar-refractivity contribution in [3.05, 3.63) is 47.5 Å². The van der Waals surface area contributed by atoms with Gasteiger partial charge in [-0.25, -0.2) is 0 Å². The van der Waals surface area contributed by atoms with Crippen LogP contribution in [0.1, 0.15) is 21.8 Å². The number of carbonyl (C=O) groups excluding carboxylic acids is 1. The first-order valence-electron chi connectivity index (χ1n) is 4.93. The van der Waals surface area contributed by atoms with E-state index in [0.29, 0.717) is 17.2 Å². The Balaban J connectivity index is 2.17. The normalized spacial score (nSPS) is 9.65. The molecule has 0 saturated carbocycles. The zero-order valence-electron chi connectivity index (χ0n) is 9.10. The minimum atomic E-state index is -0.406. The third kappa shape index (κ3) is 2.49. The molecule has 0 bridgehead atoms. The fourth-order valence-electron chi connectivity index (χ4n) is 1.30. The van der Waals surface area contributed by atoms with Gasteiger partial charge in [0.1, 0.15) is 11.5 Å². The number of nitriles is 1. The highest BCUT2D eigenvalue weighted by molar-refractivity contribution is 6.02. The van der Waals surface area contributed by atoms with Crippen LogP contribution in [0.4, 0.5) is 5.88 Å². The topological polar surface area (TPSA) is 78.9 Å². The van der Waals surface area contributed by atoms with Crippen molar-refractivity contribution in [3.63, 3.8) is 0 Å². The van der Waals surface area contributed by atoms with Gasteiger partial charge in [-0.05, 0) is 25.1 Å². The van der Waals surface area contributed by atoms with E-state index in [2.05, 4.69) is 10.3 Å². The Labute approximate surface area is 97.7 Å². The van der Waals surface area contributed by atoms with Gasteiger partial charge in [0.15, 0.2) is 5.88 Å². The summed E-state index contributed by atoms with van der Waals surface area (Å²) in [7, 11) is 0. The monoisotopic (exact) mass is 227 g/mol. The summed E-state index contributed by atoms with van der Waals surface area (Å²) in [5.41, 5.74) is 0.568. The van der Waals surface area contributed by atoms with Crippen molar-refractivity contribution in [2.45, 2.75) is 6.92 Å². The lowest BCUT2D eigenvalue weighted by Crippen LogP contribution is -2.13. The van der Waals surface area contributed by atoms with E-state index in [-0.39, 0.29) is 5.69 Å². The van der Waals surface area contributed by atoms with E-state index in [1.54, 1.807) is 19.1 Å². The molecule has 0 aromatic carbocycles. The highest BCUT2D eigenvalue weighted by Gasteiger charge is 2.10. The van der Waals surface area contributed by atoms with E-state index in [9.17, 15) is 4.79 Å².